The van der Waals surface area contributed by atoms with Gasteiger partial charge in [0.15, 0.2) is 0 Å². The lowest BCUT2D eigenvalue weighted by atomic mass is 10.1. The largest absolute Gasteiger partial charge is 0.329 e. The van der Waals surface area contributed by atoms with Crippen LogP contribution in [0.1, 0.15) is 43.4 Å². The van der Waals surface area contributed by atoms with E-state index in [1.54, 1.807) is 0 Å². The summed E-state index contributed by atoms with van der Waals surface area (Å²) in [6, 6.07) is 4.23. The Morgan fingerprint density at radius 2 is 1.90 bits per heavy atom. The first kappa shape index (κ1) is 14.7. The van der Waals surface area contributed by atoms with E-state index < -0.39 is 0 Å². The van der Waals surface area contributed by atoms with E-state index in [1.807, 2.05) is 19.4 Å². The maximum Gasteiger partial charge on any atom is 0.0955 e. The molecule has 2 aromatic rings. The van der Waals surface area contributed by atoms with Crippen molar-refractivity contribution < 1.29 is 0 Å². The minimum atomic E-state index is 0.129. The Morgan fingerprint density at radius 1 is 1.15 bits per heavy atom. The van der Waals surface area contributed by atoms with Crippen molar-refractivity contribution in [3.05, 3.63) is 47.3 Å². The summed E-state index contributed by atoms with van der Waals surface area (Å²) in [6.07, 6.45) is 3.83. The maximum absolute atomic E-state index is 4.54. The lowest BCUT2D eigenvalue weighted by molar-refractivity contribution is 0.424. The third-order valence-electron chi connectivity index (χ3n) is 3.39. The van der Waals surface area contributed by atoms with Crippen LogP contribution in [0.15, 0.2) is 24.7 Å². The summed E-state index contributed by atoms with van der Waals surface area (Å²) in [5.74, 6) is 0. The zero-order chi connectivity index (χ0) is 14.8. The summed E-state index contributed by atoms with van der Waals surface area (Å²) < 4.78 is 2.13. The van der Waals surface area contributed by atoms with Crippen molar-refractivity contribution in [2.45, 2.75) is 53.2 Å². The van der Waals surface area contributed by atoms with Crippen LogP contribution in [0.4, 0.5) is 0 Å². The number of hydrogen-bond donors (Lipinski definition) is 1. The molecule has 0 aromatic carbocycles. The van der Waals surface area contributed by atoms with Gasteiger partial charge in [0, 0.05) is 24.0 Å². The zero-order valence-electron chi connectivity index (χ0n) is 13.1. The Labute approximate surface area is 121 Å². The highest BCUT2D eigenvalue weighted by molar-refractivity contribution is 5.16. The van der Waals surface area contributed by atoms with Gasteiger partial charge in [0.2, 0.25) is 0 Å². The highest BCUT2D eigenvalue weighted by Gasteiger charge is 2.08. The average molecular weight is 272 g/mol. The molecule has 2 aromatic heterocycles. The van der Waals surface area contributed by atoms with E-state index >= 15 is 0 Å². The number of pyridine rings is 1. The van der Waals surface area contributed by atoms with Crippen LogP contribution in [-0.4, -0.2) is 20.1 Å². The second kappa shape index (κ2) is 5.75. The van der Waals surface area contributed by atoms with Crippen LogP contribution < -0.4 is 5.32 Å². The molecule has 0 atom stereocenters. The molecule has 0 aliphatic carbocycles. The highest BCUT2D eigenvalue weighted by atomic mass is 15.1. The van der Waals surface area contributed by atoms with Gasteiger partial charge in [-0.05, 0) is 46.2 Å². The Morgan fingerprint density at radius 3 is 2.40 bits per heavy atom. The van der Waals surface area contributed by atoms with Crippen molar-refractivity contribution in [3.8, 4) is 0 Å². The highest BCUT2D eigenvalue weighted by Crippen LogP contribution is 2.09. The molecule has 0 spiro atoms. The number of imidazole rings is 1. The molecule has 108 valence electrons. The summed E-state index contributed by atoms with van der Waals surface area (Å²) in [6.45, 7) is 12.2. The number of nitrogens with one attached hydrogen (secondary N) is 1. The Balaban J connectivity index is 2.00. The molecular weight excluding hydrogens is 248 g/mol. The molecule has 0 aliphatic heterocycles. The van der Waals surface area contributed by atoms with E-state index in [-0.39, 0.29) is 5.54 Å². The van der Waals surface area contributed by atoms with E-state index in [4.69, 9.17) is 0 Å². The van der Waals surface area contributed by atoms with Crippen molar-refractivity contribution in [2.24, 2.45) is 0 Å². The van der Waals surface area contributed by atoms with E-state index in [9.17, 15) is 0 Å². The summed E-state index contributed by atoms with van der Waals surface area (Å²) in [7, 11) is 0. The second-order valence-corrected chi connectivity index (χ2v) is 6.30. The molecule has 4 nitrogen and oxygen atoms in total. The molecule has 4 heteroatoms. The van der Waals surface area contributed by atoms with Crippen LogP contribution in [0, 0.1) is 13.8 Å². The summed E-state index contributed by atoms with van der Waals surface area (Å²) in [5.41, 5.74) is 4.68. The van der Waals surface area contributed by atoms with Crippen LogP contribution >= 0.6 is 0 Å². The Kier molecular flexibility index (Phi) is 4.23. The molecule has 0 radical (unpaired) electrons. The van der Waals surface area contributed by atoms with Crippen LogP contribution in [0.25, 0.3) is 0 Å². The average Bonchev–Trinajstić information content (AvgIpc) is 2.69. The van der Waals surface area contributed by atoms with Gasteiger partial charge >= 0.3 is 0 Å². The SMILES string of the molecule is Cc1ncn(Cc2ccc(CNC(C)(C)C)cn2)c1C. The van der Waals surface area contributed by atoms with E-state index in [0.29, 0.717) is 0 Å². The quantitative estimate of drug-likeness (QED) is 0.930. The Bertz CT molecular complexity index is 561. The maximum atomic E-state index is 4.54. The predicted molar refractivity (Wildman–Crippen MR) is 81.6 cm³/mol. The fraction of sp³-hybridized carbons (Fsp3) is 0.500. The molecule has 0 saturated heterocycles. The van der Waals surface area contributed by atoms with Gasteiger partial charge in [0.05, 0.1) is 24.3 Å². The van der Waals surface area contributed by atoms with Crippen molar-refractivity contribution in [3.63, 3.8) is 0 Å². The van der Waals surface area contributed by atoms with Gasteiger partial charge < -0.3 is 9.88 Å². The molecule has 20 heavy (non-hydrogen) atoms. The van der Waals surface area contributed by atoms with Gasteiger partial charge in [-0.15, -0.1) is 0 Å². The predicted octanol–water partition coefficient (Wildman–Crippen LogP) is 2.83. The minimum absolute atomic E-state index is 0.129. The lowest BCUT2D eigenvalue weighted by Gasteiger charge is -2.20. The van der Waals surface area contributed by atoms with Gasteiger partial charge in [-0.25, -0.2) is 4.98 Å². The summed E-state index contributed by atoms with van der Waals surface area (Å²) in [5, 5.41) is 3.46. The summed E-state index contributed by atoms with van der Waals surface area (Å²) >= 11 is 0. The van der Waals surface area contributed by atoms with Crippen LogP contribution in [0.2, 0.25) is 0 Å². The second-order valence-electron chi connectivity index (χ2n) is 6.30. The van der Waals surface area contributed by atoms with Crippen molar-refractivity contribution in [1.82, 2.24) is 19.9 Å². The van der Waals surface area contributed by atoms with Crippen LogP contribution in [0.5, 0.6) is 0 Å². The molecule has 0 amide bonds. The molecule has 0 unspecified atom stereocenters. The van der Waals surface area contributed by atoms with E-state index in [1.165, 1.54) is 11.3 Å². The van der Waals surface area contributed by atoms with Gasteiger partial charge in [-0.1, -0.05) is 6.07 Å². The van der Waals surface area contributed by atoms with Gasteiger partial charge in [0.1, 0.15) is 0 Å². The van der Waals surface area contributed by atoms with Gasteiger partial charge in [-0.2, -0.15) is 0 Å². The summed E-state index contributed by atoms with van der Waals surface area (Å²) in [4.78, 5) is 8.85. The first-order valence-corrected chi connectivity index (χ1v) is 7.02. The normalized spacial score (nSPS) is 11.8. The smallest absolute Gasteiger partial charge is 0.0955 e. The molecule has 0 saturated carbocycles. The topological polar surface area (TPSA) is 42.7 Å². The molecular formula is C16H24N4. The first-order valence-electron chi connectivity index (χ1n) is 7.02. The zero-order valence-corrected chi connectivity index (χ0v) is 13.1. The molecule has 0 aliphatic rings. The monoisotopic (exact) mass is 272 g/mol. The Hall–Kier alpha value is -1.68. The molecule has 0 bridgehead atoms. The fourth-order valence-electron chi connectivity index (χ4n) is 1.90. The number of nitrogens with zero attached hydrogens (tertiary/aromatic N) is 3. The molecule has 2 heterocycles. The van der Waals surface area contributed by atoms with Crippen LogP contribution in [-0.2, 0) is 13.1 Å². The molecule has 1 N–H and O–H groups in total. The van der Waals surface area contributed by atoms with Gasteiger partial charge in [0.25, 0.3) is 0 Å². The third-order valence-corrected chi connectivity index (χ3v) is 3.39. The number of aryl methyl sites for hydroxylation is 1. The number of hydrogen-bond acceptors (Lipinski definition) is 3. The third kappa shape index (κ3) is 3.90. The van der Waals surface area contributed by atoms with Crippen molar-refractivity contribution in [1.29, 1.82) is 0 Å². The van der Waals surface area contributed by atoms with Crippen molar-refractivity contribution in [2.75, 3.05) is 0 Å². The number of rotatable bonds is 4. The fourth-order valence-corrected chi connectivity index (χ4v) is 1.90. The van der Waals surface area contributed by atoms with Crippen LogP contribution in [0.3, 0.4) is 0 Å². The van der Waals surface area contributed by atoms with Gasteiger partial charge in [-0.3, -0.25) is 4.98 Å². The van der Waals surface area contributed by atoms with E-state index in [2.05, 4.69) is 59.7 Å². The minimum Gasteiger partial charge on any atom is -0.329 e. The number of aromatic nitrogens is 3. The standard InChI is InChI=1S/C16H24N4/c1-12-13(2)20(11-18-12)10-15-7-6-14(8-17-15)9-19-16(3,4)5/h6-8,11,19H,9-10H2,1-5H3. The first-order chi connectivity index (χ1) is 9.35. The van der Waals surface area contributed by atoms with Crippen molar-refractivity contribution >= 4 is 0 Å². The van der Waals surface area contributed by atoms with E-state index in [0.717, 1.165) is 24.5 Å². The molecule has 0 fully saturated rings. The lowest BCUT2D eigenvalue weighted by Crippen LogP contribution is -2.35. The molecule has 2 rings (SSSR count).